The Labute approximate surface area is 258 Å². The van der Waals surface area contributed by atoms with Gasteiger partial charge in [0.15, 0.2) is 0 Å². The van der Waals surface area contributed by atoms with E-state index in [9.17, 15) is 13.2 Å². The first-order chi connectivity index (χ1) is 21.1. The molecule has 3 aromatic carbocycles. The zero-order valence-electron chi connectivity index (χ0n) is 25.2. The molecule has 0 saturated carbocycles. The number of nitrogens with zero attached hydrogens (tertiary/aromatic N) is 4. The van der Waals surface area contributed by atoms with Crippen LogP contribution in [0.3, 0.4) is 0 Å². The van der Waals surface area contributed by atoms with Crippen LogP contribution in [0.4, 0.5) is 5.95 Å². The summed E-state index contributed by atoms with van der Waals surface area (Å²) in [4.78, 5) is 26.4. The summed E-state index contributed by atoms with van der Waals surface area (Å²) in [5.41, 5.74) is 6.93. The molecule has 10 heteroatoms. The fourth-order valence-electron chi connectivity index (χ4n) is 5.71. The number of hydrogen-bond acceptors (Lipinski definition) is 7. The number of benzene rings is 3. The van der Waals surface area contributed by atoms with Crippen LogP contribution in [0.1, 0.15) is 45.1 Å². The predicted octanol–water partition coefficient (Wildman–Crippen LogP) is 5.49. The van der Waals surface area contributed by atoms with Gasteiger partial charge >= 0.3 is 0 Å². The van der Waals surface area contributed by atoms with Crippen molar-refractivity contribution in [1.29, 1.82) is 0 Å². The van der Waals surface area contributed by atoms with Gasteiger partial charge in [-0.1, -0.05) is 54.6 Å². The molecule has 1 amide bonds. The number of nitrogens with one attached hydrogen (secondary N) is 1. The lowest BCUT2D eigenvalue weighted by Crippen LogP contribution is -2.33. The maximum atomic E-state index is 13.5. The van der Waals surface area contributed by atoms with Gasteiger partial charge in [0.1, 0.15) is 6.10 Å². The van der Waals surface area contributed by atoms with Crippen molar-refractivity contribution in [3.05, 3.63) is 107 Å². The van der Waals surface area contributed by atoms with Gasteiger partial charge in [0.25, 0.3) is 15.9 Å². The number of amides is 1. The lowest BCUT2D eigenvalue weighted by Gasteiger charge is -2.26. The lowest BCUT2D eigenvalue weighted by molar-refractivity contribution is 0.0706. The van der Waals surface area contributed by atoms with Gasteiger partial charge in [0, 0.05) is 37.3 Å². The fraction of sp³-hybridized carbons (Fsp3) is 0.265. The highest BCUT2D eigenvalue weighted by Crippen LogP contribution is 2.32. The Morgan fingerprint density at radius 3 is 2.34 bits per heavy atom. The van der Waals surface area contributed by atoms with Crippen LogP contribution in [0.5, 0.6) is 5.88 Å². The number of carbonyl (C=O) groups is 1. The van der Waals surface area contributed by atoms with Gasteiger partial charge in [-0.2, -0.15) is 4.98 Å². The number of hydrogen-bond donors (Lipinski definition) is 1. The average Bonchev–Trinajstić information content (AvgIpc) is 3.00. The molecular formula is C34H35N5O4S. The predicted molar refractivity (Wildman–Crippen MR) is 171 cm³/mol. The number of carbonyl (C=O) groups excluding carboxylic acids is 1. The molecule has 44 heavy (non-hydrogen) atoms. The van der Waals surface area contributed by atoms with Gasteiger partial charge in [-0.15, -0.1) is 0 Å². The first kappa shape index (κ1) is 29.5. The first-order valence-electron chi connectivity index (χ1n) is 14.6. The van der Waals surface area contributed by atoms with Gasteiger partial charge in [-0.05, 0) is 73.3 Å². The van der Waals surface area contributed by atoms with Crippen LogP contribution in [-0.2, 0) is 10.0 Å². The van der Waals surface area contributed by atoms with E-state index in [2.05, 4.69) is 44.8 Å². The van der Waals surface area contributed by atoms with Crippen molar-refractivity contribution >= 4 is 27.5 Å². The molecule has 1 unspecified atom stereocenters. The largest absolute Gasteiger partial charge is 0.467 e. The van der Waals surface area contributed by atoms with E-state index >= 15 is 0 Å². The van der Waals surface area contributed by atoms with Crippen LogP contribution in [-0.4, -0.2) is 67.8 Å². The van der Waals surface area contributed by atoms with Crippen LogP contribution < -0.4 is 9.46 Å². The van der Waals surface area contributed by atoms with Crippen LogP contribution in [0.25, 0.3) is 16.8 Å². The summed E-state index contributed by atoms with van der Waals surface area (Å²) in [7, 11) is -0.316. The Morgan fingerprint density at radius 2 is 1.64 bits per heavy atom. The van der Waals surface area contributed by atoms with Gasteiger partial charge in [-0.25, -0.2) is 18.1 Å². The number of aryl methyl sites for hydroxylation is 2. The molecule has 4 bridgehead atoms. The summed E-state index contributed by atoms with van der Waals surface area (Å²) in [6.45, 7) is 6.09. The molecule has 0 saturated heterocycles. The number of anilines is 1. The molecule has 3 heterocycles. The number of fused-ring (bicyclic) bond motifs is 4. The SMILES string of the molecule is Cc1cccc(C)c1-c1cc2nc(n1)NS(=O)(=O)c1cccc(c1)C(=O)N(C)CC(c1ccc(C3=CCN(C)CC3)cc1)O2. The van der Waals surface area contributed by atoms with Crippen molar-refractivity contribution < 1.29 is 17.9 Å². The fourth-order valence-corrected chi connectivity index (χ4v) is 6.70. The Bertz CT molecular complexity index is 1850. The molecule has 0 spiro atoms. The van der Waals surface area contributed by atoms with E-state index in [-0.39, 0.29) is 34.7 Å². The standard InChI is InChI=1S/C34H35N5O4S/c1-22-7-5-8-23(2)32(22)29-20-31-36-34(35-29)37-44(41,42)28-10-6-9-27(19-28)33(40)39(4)21-30(43-31)26-13-11-24(12-14-26)25-15-17-38(3)18-16-25/h5-15,19-20,30H,16-18,21H2,1-4H3,(H,35,36,37). The lowest BCUT2D eigenvalue weighted by atomic mass is 9.97. The molecule has 6 rings (SSSR count). The molecule has 2 aliphatic heterocycles. The minimum atomic E-state index is -4.11. The molecule has 226 valence electrons. The molecule has 1 atom stereocenters. The van der Waals surface area contributed by atoms with Crippen molar-refractivity contribution in [2.45, 2.75) is 31.3 Å². The number of likely N-dealkylation sites (N-methyl/N-ethyl adjacent to an activating group) is 2. The Balaban J connectivity index is 1.46. The Morgan fingerprint density at radius 1 is 0.909 bits per heavy atom. The van der Waals surface area contributed by atoms with Crippen molar-refractivity contribution in [2.24, 2.45) is 0 Å². The highest BCUT2D eigenvalue weighted by atomic mass is 32.2. The van der Waals surface area contributed by atoms with Crippen molar-refractivity contribution in [1.82, 2.24) is 19.8 Å². The van der Waals surface area contributed by atoms with Crippen molar-refractivity contribution in [2.75, 3.05) is 38.5 Å². The van der Waals surface area contributed by atoms with Gasteiger partial charge in [-0.3, -0.25) is 4.79 Å². The second-order valence-electron chi connectivity index (χ2n) is 11.5. The van der Waals surface area contributed by atoms with Gasteiger partial charge in [0.05, 0.1) is 17.1 Å². The third-order valence-electron chi connectivity index (χ3n) is 8.17. The van der Waals surface area contributed by atoms with Gasteiger partial charge < -0.3 is 14.5 Å². The highest BCUT2D eigenvalue weighted by Gasteiger charge is 2.26. The molecular weight excluding hydrogens is 574 g/mol. The number of rotatable bonds is 3. The zero-order chi connectivity index (χ0) is 31.0. The summed E-state index contributed by atoms with van der Waals surface area (Å²) in [5.74, 6) is -0.251. The second kappa shape index (κ2) is 11.9. The van der Waals surface area contributed by atoms with Crippen molar-refractivity contribution in [3.63, 3.8) is 0 Å². The average molecular weight is 610 g/mol. The molecule has 0 radical (unpaired) electrons. The molecule has 1 N–H and O–H groups in total. The van der Waals surface area contributed by atoms with E-state index in [4.69, 9.17) is 4.74 Å². The van der Waals surface area contributed by atoms with Crippen molar-refractivity contribution in [3.8, 4) is 17.1 Å². The smallest absolute Gasteiger partial charge is 0.264 e. The van der Waals surface area contributed by atoms with E-state index in [0.717, 1.165) is 47.3 Å². The molecule has 2 aliphatic rings. The third-order valence-corrected chi connectivity index (χ3v) is 9.50. The van der Waals surface area contributed by atoms with E-state index in [1.807, 2.05) is 44.2 Å². The third kappa shape index (κ3) is 6.09. The van der Waals surface area contributed by atoms with Crippen LogP contribution >= 0.6 is 0 Å². The van der Waals surface area contributed by atoms with E-state index < -0.39 is 16.1 Å². The molecule has 1 aromatic heterocycles. The molecule has 0 fully saturated rings. The molecule has 4 aromatic rings. The number of aromatic nitrogens is 2. The zero-order valence-corrected chi connectivity index (χ0v) is 26.1. The first-order valence-corrected chi connectivity index (χ1v) is 16.0. The van der Waals surface area contributed by atoms with Crippen LogP contribution in [0.15, 0.2) is 83.8 Å². The maximum Gasteiger partial charge on any atom is 0.264 e. The number of sulfonamides is 1. The maximum absolute atomic E-state index is 13.5. The van der Waals surface area contributed by atoms with Crippen LogP contribution in [0, 0.1) is 13.8 Å². The van der Waals surface area contributed by atoms with Crippen LogP contribution in [0.2, 0.25) is 0 Å². The monoisotopic (exact) mass is 609 g/mol. The number of ether oxygens (including phenoxy) is 1. The minimum Gasteiger partial charge on any atom is -0.467 e. The summed E-state index contributed by atoms with van der Waals surface area (Å²) in [6.07, 6.45) is 2.64. The Kier molecular flexibility index (Phi) is 7.96. The second-order valence-corrected chi connectivity index (χ2v) is 13.2. The van der Waals surface area contributed by atoms with E-state index in [1.165, 1.54) is 17.7 Å². The topological polar surface area (TPSA) is 105 Å². The summed E-state index contributed by atoms with van der Waals surface area (Å²) in [5, 5.41) is 0. The molecule has 0 aliphatic carbocycles. The van der Waals surface area contributed by atoms with E-state index in [1.54, 1.807) is 30.1 Å². The Hall–Kier alpha value is -4.54. The molecule has 9 nitrogen and oxygen atoms in total. The summed E-state index contributed by atoms with van der Waals surface area (Å²) in [6, 6.07) is 21.8. The minimum absolute atomic E-state index is 0.0603. The van der Waals surface area contributed by atoms with E-state index in [0.29, 0.717) is 5.69 Å². The normalized spacial score (nSPS) is 18.6. The quantitative estimate of drug-likeness (QED) is 0.328. The summed E-state index contributed by atoms with van der Waals surface area (Å²) < 4.78 is 35.9. The van der Waals surface area contributed by atoms with Gasteiger partial charge in [0.2, 0.25) is 11.8 Å². The summed E-state index contributed by atoms with van der Waals surface area (Å²) >= 11 is 0. The highest BCUT2D eigenvalue weighted by molar-refractivity contribution is 7.92.